The number of methoxy groups -OCH3 is 2. The Labute approximate surface area is 171 Å². The third-order valence-corrected chi connectivity index (χ3v) is 5.53. The van der Waals surface area contributed by atoms with Crippen molar-refractivity contribution in [3.63, 3.8) is 0 Å². The van der Waals surface area contributed by atoms with Gasteiger partial charge in [-0.15, -0.1) is 0 Å². The Balaban J connectivity index is 1.76. The summed E-state index contributed by atoms with van der Waals surface area (Å²) in [4.78, 5) is 26.5. The van der Waals surface area contributed by atoms with Crippen LogP contribution in [-0.4, -0.2) is 43.4 Å². The summed E-state index contributed by atoms with van der Waals surface area (Å²) in [5.74, 6) is 1.50. The van der Waals surface area contributed by atoms with Crippen LogP contribution in [0.3, 0.4) is 0 Å². The zero-order valence-corrected chi connectivity index (χ0v) is 17.4. The Kier molecular flexibility index (Phi) is 6.54. The van der Waals surface area contributed by atoms with Gasteiger partial charge in [-0.1, -0.05) is 0 Å². The number of hydrogen-bond donors (Lipinski definition) is 1. The van der Waals surface area contributed by atoms with Crippen molar-refractivity contribution in [2.45, 2.75) is 38.8 Å². The largest absolute Gasteiger partial charge is 0.497 e. The summed E-state index contributed by atoms with van der Waals surface area (Å²) in [6.45, 7) is 4.28. The first-order chi connectivity index (χ1) is 13.9. The number of carbonyl (C=O) groups is 2. The van der Waals surface area contributed by atoms with E-state index in [1.165, 1.54) is 6.92 Å². The first kappa shape index (κ1) is 20.9. The van der Waals surface area contributed by atoms with Crippen LogP contribution in [0.15, 0.2) is 42.5 Å². The van der Waals surface area contributed by atoms with Crippen molar-refractivity contribution in [3.8, 4) is 11.5 Å². The lowest BCUT2D eigenvalue weighted by Crippen LogP contribution is -2.41. The van der Waals surface area contributed by atoms with Gasteiger partial charge in [0.15, 0.2) is 5.78 Å². The molecule has 154 valence electrons. The molecule has 1 heterocycles. The molecule has 6 heteroatoms. The summed E-state index contributed by atoms with van der Waals surface area (Å²) in [5.41, 5.74) is 2.34. The lowest BCUT2D eigenvalue weighted by Gasteiger charge is -2.31. The highest BCUT2D eigenvalue weighted by Crippen LogP contribution is 2.40. The minimum absolute atomic E-state index is 0.00314. The summed E-state index contributed by atoms with van der Waals surface area (Å²) in [6, 6.07) is 12.5. The number of rotatable bonds is 7. The molecular weight excluding hydrogens is 368 g/mol. The number of benzene rings is 2. The molecule has 0 unspecified atom stereocenters. The zero-order valence-electron chi connectivity index (χ0n) is 17.4. The lowest BCUT2D eigenvalue weighted by atomic mass is 10.0. The number of likely N-dealkylation sites (tertiary alicyclic amines) is 1. The molecule has 0 aromatic heterocycles. The molecule has 2 atom stereocenters. The van der Waals surface area contributed by atoms with Crippen molar-refractivity contribution in [2.24, 2.45) is 0 Å². The highest BCUT2D eigenvalue weighted by molar-refractivity contribution is 5.97. The molecule has 0 spiro atoms. The molecule has 1 aliphatic rings. The molecule has 2 aromatic rings. The number of Topliss-reactive ketones (excluding diaryl/α,β-unsaturated/α-hetero) is 1. The average molecular weight is 396 g/mol. The monoisotopic (exact) mass is 396 g/mol. The molecule has 6 nitrogen and oxygen atoms in total. The van der Waals surface area contributed by atoms with Gasteiger partial charge < -0.3 is 14.8 Å². The Morgan fingerprint density at radius 2 is 1.83 bits per heavy atom. The number of nitrogens with one attached hydrogen (secondary N) is 1. The van der Waals surface area contributed by atoms with Gasteiger partial charge in [-0.25, -0.2) is 0 Å². The topological polar surface area (TPSA) is 67.9 Å². The van der Waals surface area contributed by atoms with Gasteiger partial charge in [0.1, 0.15) is 11.5 Å². The normalized spacial score (nSPS) is 17.6. The van der Waals surface area contributed by atoms with E-state index in [1.54, 1.807) is 38.5 Å². The third kappa shape index (κ3) is 4.59. The maximum atomic E-state index is 12.9. The highest BCUT2D eigenvalue weighted by atomic mass is 16.5. The molecule has 3 rings (SSSR count). The number of hydrogen-bond acceptors (Lipinski definition) is 5. The highest BCUT2D eigenvalue weighted by Gasteiger charge is 2.34. The maximum absolute atomic E-state index is 12.9. The number of carbonyl (C=O) groups excluding carboxylic acids is 2. The van der Waals surface area contributed by atoms with Crippen LogP contribution in [0.1, 0.15) is 48.7 Å². The molecular formula is C23H28N2O4. The van der Waals surface area contributed by atoms with Gasteiger partial charge in [0.05, 0.1) is 20.3 Å². The molecule has 1 N–H and O–H groups in total. The smallest absolute Gasteiger partial charge is 0.241 e. The minimum atomic E-state index is -0.314. The molecule has 1 aliphatic heterocycles. The van der Waals surface area contributed by atoms with Crippen molar-refractivity contribution in [2.75, 3.05) is 26.1 Å². The van der Waals surface area contributed by atoms with E-state index in [2.05, 4.69) is 10.2 Å². The second-order valence-corrected chi connectivity index (χ2v) is 7.30. The van der Waals surface area contributed by atoms with Gasteiger partial charge in [-0.3, -0.25) is 14.5 Å². The van der Waals surface area contributed by atoms with Crippen molar-refractivity contribution in [1.29, 1.82) is 0 Å². The Morgan fingerprint density at radius 3 is 2.45 bits per heavy atom. The van der Waals surface area contributed by atoms with Gasteiger partial charge >= 0.3 is 0 Å². The predicted molar refractivity (Wildman–Crippen MR) is 113 cm³/mol. The van der Waals surface area contributed by atoms with Crippen LogP contribution in [0.4, 0.5) is 5.69 Å². The van der Waals surface area contributed by atoms with Crippen LogP contribution < -0.4 is 14.8 Å². The minimum Gasteiger partial charge on any atom is -0.497 e. The van der Waals surface area contributed by atoms with E-state index in [4.69, 9.17) is 9.47 Å². The number of ether oxygens (including phenoxy) is 2. The van der Waals surface area contributed by atoms with Gasteiger partial charge in [0.2, 0.25) is 5.91 Å². The standard InChI is InChI=1S/C23H28N2O4/c1-15(23(27)24-18-9-7-17(8-10-18)16(2)26)25-13-5-6-21(25)20-14-19(28-3)11-12-22(20)29-4/h7-12,14-15,21H,5-6,13H2,1-4H3,(H,24,27)/t15-,21-/m1/s1. The molecule has 1 fully saturated rings. The molecule has 1 saturated heterocycles. The first-order valence-electron chi connectivity index (χ1n) is 9.84. The van der Waals surface area contributed by atoms with Crippen LogP contribution in [0.25, 0.3) is 0 Å². The van der Waals surface area contributed by atoms with Gasteiger partial charge in [-0.05, 0) is 75.7 Å². The van der Waals surface area contributed by atoms with Gasteiger partial charge in [0.25, 0.3) is 0 Å². The van der Waals surface area contributed by atoms with Crippen LogP contribution in [0, 0.1) is 0 Å². The van der Waals surface area contributed by atoms with E-state index >= 15 is 0 Å². The van der Waals surface area contributed by atoms with E-state index < -0.39 is 0 Å². The van der Waals surface area contributed by atoms with Crippen LogP contribution in [0.5, 0.6) is 11.5 Å². The van der Waals surface area contributed by atoms with Crippen molar-refractivity contribution in [3.05, 3.63) is 53.6 Å². The molecule has 0 bridgehead atoms. The first-order valence-corrected chi connectivity index (χ1v) is 9.84. The van der Waals surface area contributed by atoms with Gasteiger partial charge in [0, 0.05) is 22.9 Å². The van der Waals surface area contributed by atoms with Gasteiger partial charge in [-0.2, -0.15) is 0 Å². The van der Waals surface area contributed by atoms with Crippen molar-refractivity contribution in [1.82, 2.24) is 4.90 Å². The predicted octanol–water partition coefficient (Wildman–Crippen LogP) is 4.07. The van der Waals surface area contributed by atoms with E-state index in [9.17, 15) is 9.59 Å². The van der Waals surface area contributed by atoms with Crippen LogP contribution >= 0.6 is 0 Å². The molecule has 1 amide bonds. The van der Waals surface area contributed by atoms with E-state index in [-0.39, 0.29) is 23.8 Å². The molecule has 29 heavy (non-hydrogen) atoms. The molecule has 0 saturated carbocycles. The lowest BCUT2D eigenvalue weighted by molar-refractivity contribution is -0.121. The Morgan fingerprint density at radius 1 is 1.10 bits per heavy atom. The molecule has 0 radical (unpaired) electrons. The Hall–Kier alpha value is -2.86. The summed E-state index contributed by atoms with van der Waals surface area (Å²) in [7, 11) is 3.30. The fourth-order valence-electron chi connectivity index (χ4n) is 3.87. The third-order valence-electron chi connectivity index (χ3n) is 5.53. The van der Waals surface area contributed by atoms with Crippen LogP contribution in [0.2, 0.25) is 0 Å². The number of amides is 1. The quantitative estimate of drug-likeness (QED) is 0.715. The SMILES string of the molecule is COc1ccc(OC)c([C@H]2CCCN2[C@H](C)C(=O)Nc2ccc(C(C)=O)cc2)c1. The van der Waals surface area contributed by atoms with E-state index in [0.29, 0.717) is 11.3 Å². The number of anilines is 1. The molecule has 2 aromatic carbocycles. The number of ketones is 1. The van der Waals surface area contributed by atoms with E-state index in [1.807, 2.05) is 25.1 Å². The maximum Gasteiger partial charge on any atom is 0.241 e. The second kappa shape index (κ2) is 9.09. The fraction of sp³-hybridized carbons (Fsp3) is 0.391. The average Bonchev–Trinajstić information content (AvgIpc) is 3.22. The van der Waals surface area contributed by atoms with Crippen molar-refractivity contribution >= 4 is 17.4 Å². The Bertz CT molecular complexity index is 879. The number of nitrogens with zero attached hydrogens (tertiary/aromatic N) is 1. The fourth-order valence-corrected chi connectivity index (χ4v) is 3.87. The van der Waals surface area contributed by atoms with Crippen LogP contribution in [-0.2, 0) is 4.79 Å². The zero-order chi connectivity index (χ0) is 21.0. The summed E-state index contributed by atoms with van der Waals surface area (Å²) >= 11 is 0. The summed E-state index contributed by atoms with van der Waals surface area (Å²) < 4.78 is 10.9. The summed E-state index contributed by atoms with van der Waals surface area (Å²) in [5, 5.41) is 2.96. The summed E-state index contributed by atoms with van der Waals surface area (Å²) in [6.07, 6.45) is 1.96. The molecule has 0 aliphatic carbocycles. The van der Waals surface area contributed by atoms with Crippen molar-refractivity contribution < 1.29 is 19.1 Å². The van der Waals surface area contributed by atoms with E-state index in [0.717, 1.165) is 36.4 Å². The second-order valence-electron chi connectivity index (χ2n) is 7.30.